The van der Waals surface area contributed by atoms with E-state index >= 15 is 0 Å². The van der Waals surface area contributed by atoms with E-state index in [1.807, 2.05) is 21.2 Å². The highest BCUT2D eigenvalue weighted by molar-refractivity contribution is 6.04. The molecule has 4 aromatic rings. The van der Waals surface area contributed by atoms with Gasteiger partial charge in [0.15, 0.2) is 0 Å². The molecular formula is C32H37F3N8O3. The van der Waals surface area contributed by atoms with Crippen LogP contribution in [0.1, 0.15) is 60.8 Å². The van der Waals surface area contributed by atoms with Crippen molar-refractivity contribution in [2.75, 3.05) is 50.9 Å². The number of benzene rings is 1. The average molecular weight is 639 g/mol. The van der Waals surface area contributed by atoms with Gasteiger partial charge in [0.2, 0.25) is 5.91 Å². The average Bonchev–Trinajstić information content (AvgIpc) is 3.42. The number of nitrogen functional groups attached to an aromatic ring is 1. The minimum absolute atomic E-state index is 0.0576. The van der Waals surface area contributed by atoms with Gasteiger partial charge in [0.1, 0.15) is 34.4 Å². The quantitative estimate of drug-likeness (QED) is 0.246. The van der Waals surface area contributed by atoms with Crippen molar-refractivity contribution in [3.63, 3.8) is 0 Å². The Morgan fingerprint density at radius 3 is 2.70 bits per heavy atom. The van der Waals surface area contributed by atoms with Crippen molar-refractivity contribution >= 4 is 29.0 Å². The van der Waals surface area contributed by atoms with Crippen LogP contribution in [0.15, 0.2) is 48.9 Å². The lowest BCUT2D eigenvalue weighted by molar-refractivity contribution is -0.137. The van der Waals surface area contributed by atoms with Crippen LogP contribution < -0.4 is 15.8 Å². The molecule has 0 bridgehead atoms. The third-order valence-electron chi connectivity index (χ3n) is 7.89. The van der Waals surface area contributed by atoms with Gasteiger partial charge in [-0.05, 0) is 70.1 Å². The van der Waals surface area contributed by atoms with Crippen molar-refractivity contribution in [3.8, 4) is 17.0 Å². The van der Waals surface area contributed by atoms with Gasteiger partial charge < -0.3 is 20.7 Å². The van der Waals surface area contributed by atoms with Gasteiger partial charge in [0.05, 0.1) is 18.7 Å². The fourth-order valence-corrected chi connectivity index (χ4v) is 5.77. The molecule has 0 unspecified atom stereocenters. The molecule has 0 saturated carbocycles. The zero-order valence-corrected chi connectivity index (χ0v) is 26.0. The van der Waals surface area contributed by atoms with E-state index in [1.165, 1.54) is 12.1 Å². The molecule has 4 heterocycles. The minimum atomic E-state index is -4.58. The number of nitrogens with one attached hydrogen (secondary N) is 1. The van der Waals surface area contributed by atoms with Crippen LogP contribution in [-0.4, -0.2) is 80.8 Å². The third-order valence-corrected chi connectivity index (χ3v) is 7.89. The van der Waals surface area contributed by atoms with Gasteiger partial charge in [-0.3, -0.25) is 18.9 Å². The summed E-state index contributed by atoms with van der Waals surface area (Å²) < 4.78 is 47.3. The fourth-order valence-electron chi connectivity index (χ4n) is 5.77. The normalized spacial score (nSPS) is 15.4. The van der Waals surface area contributed by atoms with E-state index < -0.39 is 17.6 Å². The number of rotatable bonds is 10. The largest absolute Gasteiger partial charge is 0.493 e. The van der Waals surface area contributed by atoms with Crippen LogP contribution in [0.3, 0.4) is 0 Å². The van der Waals surface area contributed by atoms with Gasteiger partial charge >= 0.3 is 6.18 Å². The summed E-state index contributed by atoms with van der Waals surface area (Å²) in [7, 11) is 1.94. The Kier molecular flexibility index (Phi) is 9.75. The highest BCUT2D eigenvalue weighted by Gasteiger charge is 2.32. The van der Waals surface area contributed by atoms with E-state index in [4.69, 9.17) is 15.5 Å². The zero-order chi connectivity index (χ0) is 33.0. The molecular weight excluding hydrogens is 601 g/mol. The number of likely N-dealkylation sites (tertiary alicyclic amines) is 1. The number of carbonyl (C=O) groups excluding carboxylic acids is 2. The Hall–Kier alpha value is -4.72. The second-order valence-electron chi connectivity index (χ2n) is 11.3. The highest BCUT2D eigenvalue weighted by Crippen LogP contribution is 2.38. The van der Waals surface area contributed by atoms with Crippen molar-refractivity contribution in [2.45, 2.75) is 45.2 Å². The summed E-state index contributed by atoms with van der Waals surface area (Å²) in [5.41, 5.74) is 7.24. The van der Waals surface area contributed by atoms with Crippen molar-refractivity contribution in [1.82, 2.24) is 29.2 Å². The maximum Gasteiger partial charge on any atom is 0.416 e. The van der Waals surface area contributed by atoms with Crippen LogP contribution >= 0.6 is 0 Å². The number of aromatic nitrogens is 4. The maximum atomic E-state index is 13.2. The number of carbonyl (C=O) groups is 2. The number of hydrogen-bond donors (Lipinski definition) is 2. The van der Waals surface area contributed by atoms with Crippen molar-refractivity contribution in [3.05, 3.63) is 65.9 Å². The molecule has 1 fully saturated rings. The molecule has 0 spiro atoms. The molecule has 46 heavy (non-hydrogen) atoms. The molecule has 1 aromatic carbocycles. The molecule has 3 aromatic heterocycles. The zero-order valence-electron chi connectivity index (χ0n) is 26.0. The Morgan fingerprint density at radius 1 is 1.15 bits per heavy atom. The molecule has 3 N–H and O–H groups in total. The van der Waals surface area contributed by atoms with Gasteiger partial charge in [-0.15, -0.1) is 0 Å². The monoisotopic (exact) mass is 638 g/mol. The standard InChI is InChI=1S/C32H37F3N8O3/c1-4-13-41(3)19-26(44)42-14-6-7-21(18-42)30-40-27(28-29(36)38-12-15-43(28)30)23-9-8-20(16-24(23)46-5-2)31(45)39-25-17-22(10-11-37-25)32(33,34)35/h8-12,15-17,21H,4-7,13-14,18-19H2,1-3H3,(H2,36,38)(H,37,39,45)/t21-/m1/s1. The molecule has 1 aliphatic heterocycles. The van der Waals surface area contributed by atoms with Gasteiger partial charge in [-0.2, -0.15) is 13.2 Å². The Balaban J connectivity index is 1.47. The first-order valence-electron chi connectivity index (χ1n) is 15.2. The van der Waals surface area contributed by atoms with Crippen LogP contribution in [0, 0.1) is 0 Å². The molecule has 5 rings (SSSR count). The molecule has 1 saturated heterocycles. The number of likely N-dealkylation sites (N-methyl/N-ethyl adjacent to an activating group) is 1. The lowest BCUT2D eigenvalue weighted by Crippen LogP contribution is -2.44. The van der Waals surface area contributed by atoms with E-state index in [-0.39, 0.29) is 35.6 Å². The Bertz CT molecular complexity index is 1720. The van der Waals surface area contributed by atoms with E-state index in [1.54, 1.807) is 25.4 Å². The van der Waals surface area contributed by atoms with E-state index in [9.17, 15) is 22.8 Å². The SMILES string of the molecule is CCCN(C)CC(=O)N1CCC[C@@H](c2nc(-c3ccc(C(=O)Nc4cc(C(F)(F)F)ccn4)cc3OCC)c3c(N)nccn23)C1. The van der Waals surface area contributed by atoms with Crippen LogP contribution in [0.25, 0.3) is 16.8 Å². The number of nitrogens with two attached hydrogens (primary N) is 1. The second kappa shape index (κ2) is 13.7. The summed E-state index contributed by atoms with van der Waals surface area (Å²) in [5.74, 6) is 0.448. The van der Waals surface area contributed by atoms with Gasteiger partial charge in [-0.1, -0.05) is 6.92 Å². The van der Waals surface area contributed by atoms with Crippen molar-refractivity contribution in [2.24, 2.45) is 0 Å². The van der Waals surface area contributed by atoms with Gasteiger partial charge in [0, 0.05) is 48.7 Å². The number of fused-ring (bicyclic) bond motifs is 1. The minimum Gasteiger partial charge on any atom is -0.493 e. The molecule has 1 atom stereocenters. The van der Waals surface area contributed by atoms with Crippen molar-refractivity contribution in [1.29, 1.82) is 0 Å². The molecule has 244 valence electrons. The Morgan fingerprint density at radius 2 is 1.96 bits per heavy atom. The second-order valence-corrected chi connectivity index (χ2v) is 11.3. The summed E-state index contributed by atoms with van der Waals surface area (Å²) in [6, 6.07) is 6.31. The van der Waals surface area contributed by atoms with E-state index in [0.29, 0.717) is 42.2 Å². The van der Waals surface area contributed by atoms with Crippen LogP contribution in [0.4, 0.5) is 24.8 Å². The lowest BCUT2D eigenvalue weighted by Gasteiger charge is -2.33. The fraction of sp³-hybridized carbons (Fsp3) is 0.406. The lowest BCUT2D eigenvalue weighted by atomic mass is 9.97. The molecule has 0 radical (unpaired) electrons. The molecule has 0 aliphatic carbocycles. The summed E-state index contributed by atoms with van der Waals surface area (Å²) in [6.07, 6.45) is 2.42. The number of anilines is 2. The number of pyridine rings is 1. The number of imidazole rings is 1. The summed E-state index contributed by atoms with van der Waals surface area (Å²) in [5, 5.41) is 2.43. The predicted octanol–water partition coefficient (Wildman–Crippen LogP) is 5.09. The molecule has 1 aliphatic rings. The first-order valence-corrected chi connectivity index (χ1v) is 15.2. The highest BCUT2D eigenvalue weighted by atomic mass is 19.4. The smallest absolute Gasteiger partial charge is 0.416 e. The van der Waals surface area contributed by atoms with E-state index in [2.05, 4.69) is 22.2 Å². The number of nitrogens with zero attached hydrogens (tertiary/aromatic N) is 6. The summed E-state index contributed by atoms with van der Waals surface area (Å²) >= 11 is 0. The number of hydrogen-bond acceptors (Lipinski definition) is 8. The number of halogens is 3. The Labute approximate surface area is 264 Å². The van der Waals surface area contributed by atoms with Crippen LogP contribution in [0.2, 0.25) is 0 Å². The van der Waals surface area contributed by atoms with Crippen LogP contribution in [0.5, 0.6) is 5.75 Å². The summed E-state index contributed by atoms with van der Waals surface area (Å²) in [4.78, 5) is 43.3. The first-order chi connectivity index (χ1) is 22.0. The van der Waals surface area contributed by atoms with Gasteiger partial charge in [0.25, 0.3) is 5.91 Å². The van der Waals surface area contributed by atoms with Gasteiger partial charge in [-0.25, -0.2) is 15.0 Å². The third kappa shape index (κ3) is 7.06. The number of piperidine rings is 1. The number of ether oxygens (including phenoxy) is 1. The first kappa shape index (κ1) is 32.7. The molecule has 14 heteroatoms. The topological polar surface area (TPSA) is 131 Å². The van der Waals surface area contributed by atoms with Crippen LogP contribution in [-0.2, 0) is 11.0 Å². The number of alkyl halides is 3. The summed E-state index contributed by atoms with van der Waals surface area (Å²) in [6.45, 7) is 6.54. The maximum absolute atomic E-state index is 13.2. The predicted molar refractivity (Wildman–Crippen MR) is 168 cm³/mol. The number of amides is 2. The van der Waals surface area contributed by atoms with E-state index in [0.717, 1.165) is 50.0 Å². The molecule has 2 amide bonds. The van der Waals surface area contributed by atoms with Crippen molar-refractivity contribution < 1.29 is 27.5 Å². The molecule has 11 nitrogen and oxygen atoms in total.